The predicted molar refractivity (Wildman–Crippen MR) is 79.7 cm³/mol. The van der Waals surface area contributed by atoms with E-state index in [1.54, 1.807) is 7.11 Å². The minimum absolute atomic E-state index is 0.0402. The first-order chi connectivity index (χ1) is 9.71. The Labute approximate surface area is 121 Å². The van der Waals surface area contributed by atoms with Crippen molar-refractivity contribution in [2.24, 2.45) is 5.73 Å². The summed E-state index contributed by atoms with van der Waals surface area (Å²) in [5.74, 6) is 6.64. The number of methoxy groups -OCH3 is 1. The lowest BCUT2D eigenvalue weighted by Gasteiger charge is -2.15. The van der Waals surface area contributed by atoms with Crippen molar-refractivity contribution < 1.29 is 14.2 Å². The Morgan fingerprint density at radius 3 is 2.80 bits per heavy atom. The van der Waals surface area contributed by atoms with Gasteiger partial charge in [-0.25, -0.2) is 0 Å². The van der Waals surface area contributed by atoms with Crippen molar-refractivity contribution >= 4 is 0 Å². The summed E-state index contributed by atoms with van der Waals surface area (Å²) in [5.41, 5.74) is 7.26. The maximum absolute atomic E-state index is 5.75. The standard InChI is InChI=1S/C16H23NO3/c1-4-19-11-13(2)20-12-15-10-14(6-5-9-17)7-8-16(15)18-3/h7-8,10,13H,4,9,11-12,17H2,1-3H3. The van der Waals surface area contributed by atoms with Gasteiger partial charge in [-0.15, -0.1) is 0 Å². The number of benzene rings is 1. The molecule has 2 N–H and O–H groups in total. The van der Waals surface area contributed by atoms with E-state index in [4.69, 9.17) is 19.9 Å². The summed E-state index contributed by atoms with van der Waals surface area (Å²) in [6.45, 7) is 6.06. The van der Waals surface area contributed by atoms with Gasteiger partial charge in [-0.05, 0) is 32.0 Å². The zero-order chi connectivity index (χ0) is 14.8. The van der Waals surface area contributed by atoms with Gasteiger partial charge < -0.3 is 19.9 Å². The molecule has 1 unspecified atom stereocenters. The third-order valence-corrected chi connectivity index (χ3v) is 2.70. The molecule has 0 fully saturated rings. The molecule has 1 rings (SSSR count). The van der Waals surface area contributed by atoms with Crippen LogP contribution in [0.15, 0.2) is 18.2 Å². The van der Waals surface area contributed by atoms with Gasteiger partial charge in [0.05, 0.1) is 33.0 Å². The van der Waals surface area contributed by atoms with E-state index < -0.39 is 0 Å². The summed E-state index contributed by atoms with van der Waals surface area (Å²) < 4.78 is 16.4. The Hall–Kier alpha value is -1.54. The molecule has 0 saturated heterocycles. The van der Waals surface area contributed by atoms with Crippen LogP contribution in [0.1, 0.15) is 25.0 Å². The summed E-state index contributed by atoms with van der Waals surface area (Å²) in [6.07, 6.45) is 0.0402. The summed E-state index contributed by atoms with van der Waals surface area (Å²) in [6, 6.07) is 5.77. The largest absolute Gasteiger partial charge is 0.496 e. The quantitative estimate of drug-likeness (QED) is 0.774. The van der Waals surface area contributed by atoms with E-state index in [2.05, 4.69) is 11.8 Å². The van der Waals surface area contributed by atoms with E-state index in [-0.39, 0.29) is 6.10 Å². The fourth-order valence-corrected chi connectivity index (χ4v) is 1.69. The van der Waals surface area contributed by atoms with Gasteiger partial charge >= 0.3 is 0 Å². The fraction of sp³-hybridized carbons (Fsp3) is 0.500. The second-order valence-corrected chi connectivity index (χ2v) is 4.31. The summed E-state index contributed by atoms with van der Waals surface area (Å²) in [4.78, 5) is 0. The molecule has 0 aliphatic heterocycles. The number of hydrogen-bond donors (Lipinski definition) is 1. The molecule has 110 valence electrons. The molecule has 20 heavy (non-hydrogen) atoms. The van der Waals surface area contributed by atoms with Crippen LogP contribution in [0.5, 0.6) is 5.75 Å². The molecule has 0 aliphatic rings. The van der Waals surface area contributed by atoms with Gasteiger partial charge in [0.25, 0.3) is 0 Å². The predicted octanol–water partition coefficient (Wildman–Crippen LogP) is 1.95. The first kappa shape index (κ1) is 16.5. The lowest BCUT2D eigenvalue weighted by Crippen LogP contribution is -2.16. The molecule has 0 bridgehead atoms. The highest BCUT2D eigenvalue weighted by Crippen LogP contribution is 2.21. The van der Waals surface area contributed by atoms with Gasteiger partial charge in [0.1, 0.15) is 5.75 Å². The highest BCUT2D eigenvalue weighted by Gasteiger charge is 2.07. The molecule has 0 amide bonds. The molecule has 1 aromatic carbocycles. The van der Waals surface area contributed by atoms with Crippen LogP contribution in [0.4, 0.5) is 0 Å². The van der Waals surface area contributed by atoms with E-state index >= 15 is 0 Å². The Balaban J connectivity index is 2.70. The van der Waals surface area contributed by atoms with Gasteiger partial charge in [-0.3, -0.25) is 0 Å². The Morgan fingerprint density at radius 2 is 2.15 bits per heavy atom. The SMILES string of the molecule is CCOCC(C)OCc1cc(C#CCN)ccc1OC. The molecule has 0 saturated carbocycles. The second kappa shape index (κ2) is 9.38. The van der Waals surface area contributed by atoms with Crippen LogP contribution in [0.3, 0.4) is 0 Å². The Morgan fingerprint density at radius 1 is 1.35 bits per heavy atom. The van der Waals surface area contributed by atoms with E-state index in [1.165, 1.54) is 0 Å². The van der Waals surface area contributed by atoms with Gasteiger partial charge in [0.2, 0.25) is 0 Å². The smallest absolute Gasteiger partial charge is 0.124 e. The lowest BCUT2D eigenvalue weighted by molar-refractivity contribution is -0.0121. The van der Waals surface area contributed by atoms with Crippen molar-refractivity contribution in [3.8, 4) is 17.6 Å². The van der Waals surface area contributed by atoms with Crippen molar-refractivity contribution in [1.29, 1.82) is 0 Å². The first-order valence-corrected chi connectivity index (χ1v) is 6.76. The molecular weight excluding hydrogens is 254 g/mol. The first-order valence-electron chi connectivity index (χ1n) is 6.76. The third kappa shape index (κ3) is 5.62. The number of ether oxygens (including phenoxy) is 3. The topological polar surface area (TPSA) is 53.7 Å². The molecule has 0 radical (unpaired) electrons. The highest BCUT2D eigenvalue weighted by atomic mass is 16.5. The lowest BCUT2D eigenvalue weighted by atomic mass is 10.1. The van der Waals surface area contributed by atoms with Crippen molar-refractivity contribution in [2.45, 2.75) is 26.6 Å². The third-order valence-electron chi connectivity index (χ3n) is 2.70. The molecule has 0 aromatic heterocycles. The van der Waals surface area contributed by atoms with E-state index in [1.807, 2.05) is 32.0 Å². The van der Waals surface area contributed by atoms with Crippen LogP contribution >= 0.6 is 0 Å². The van der Waals surface area contributed by atoms with Crippen molar-refractivity contribution in [3.63, 3.8) is 0 Å². The summed E-state index contributed by atoms with van der Waals surface area (Å²) in [7, 11) is 1.65. The van der Waals surface area contributed by atoms with Gasteiger partial charge in [0.15, 0.2) is 0 Å². The summed E-state index contributed by atoms with van der Waals surface area (Å²) in [5, 5.41) is 0. The van der Waals surface area contributed by atoms with Crippen LogP contribution in [0, 0.1) is 11.8 Å². The van der Waals surface area contributed by atoms with E-state index in [0.29, 0.717) is 26.4 Å². The van der Waals surface area contributed by atoms with Crippen LogP contribution in [0.2, 0.25) is 0 Å². The second-order valence-electron chi connectivity index (χ2n) is 4.31. The maximum Gasteiger partial charge on any atom is 0.124 e. The van der Waals surface area contributed by atoms with Crippen molar-refractivity contribution in [2.75, 3.05) is 26.9 Å². The van der Waals surface area contributed by atoms with Crippen molar-refractivity contribution in [3.05, 3.63) is 29.3 Å². The molecule has 0 spiro atoms. The van der Waals surface area contributed by atoms with E-state index in [9.17, 15) is 0 Å². The van der Waals surface area contributed by atoms with Crippen LogP contribution in [-0.2, 0) is 16.1 Å². The van der Waals surface area contributed by atoms with Gasteiger partial charge in [0, 0.05) is 17.7 Å². The maximum atomic E-state index is 5.75. The van der Waals surface area contributed by atoms with Gasteiger partial charge in [-0.2, -0.15) is 0 Å². The number of nitrogens with two attached hydrogens (primary N) is 1. The molecule has 1 atom stereocenters. The zero-order valence-electron chi connectivity index (χ0n) is 12.4. The number of hydrogen-bond acceptors (Lipinski definition) is 4. The molecular formula is C16H23NO3. The molecule has 4 heteroatoms. The van der Waals surface area contributed by atoms with E-state index in [0.717, 1.165) is 16.9 Å². The molecule has 0 heterocycles. The average Bonchev–Trinajstić information content (AvgIpc) is 2.48. The van der Waals surface area contributed by atoms with Crippen LogP contribution in [-0.4, -0.2) is 33.0 Å². The normalized spacial score (nSPS) is 11.6. The Kier molecular flexibility index (Phi) is 7.74. The molecule has 4 nitrogen and oxygen atoms in total. The highest BCUT2D eigenvalue weighted by molar-refractivity contribution is 5.44. The molecule has 1 aromatic rings. The molecule has 0 aliphatic carbocycles. The fourth-order valence-electron chi connectivity index (χ4n) is 1.69. The van der Waals surface area contributed by atoms with Crippen LogP contribution < -0.4 is 10.5 Å². The number of rotatable bonds is 7. The van der Waals surface area contributed by atoms with Crippen molar-refractivity contribution in [1.82, 2.24) is 0 Å². The average molecular weight is 277 g/mol. The van der Waals surface area contributed by atoms with Gasteiger partial charge in [-0.1, -0.05) is 11.8 Å². The zero-order valence-corrected chi connectivity index (χ0v) is 12.4. The Bertz CT molecular complexity index is 463. The minimum Gasteiger partial charge on any atom is -0.496 e. The minimum atomic E-state index is 0.0402. The van der Waals surface area contributed by atoms with Crippen LogP contribution in [0.25, 0.3) is 0 Å². The monoisotopic (exact) mass is 277 g/mol. The summed E-state index contributed by atoms with van der Waals surface area (Å²) >= 11 is 0.